The van der Waals surface area contributed by atoms with Gasteiger partial charge in [-0.2, -0.15) is 0 Å². The molecule has 0 unspecified atom stereocenters. The topological polar surface area (TPSA) is 34.1 Å². The number of carbonyl (C=O) groups excluding carboxylic acids is 2. The Morgan fingerprint density at radius 2 is 1.60 bits per heavy atom. The van der Waals surface area contributed by atoms with Crippen LogP contribution in [0.5, 0.6) is 0 Å². The molecule has 102 valence electrons. The Bertz CT molecular complexity index is 666. The van der Waals surface area contributed by atoms with E-state index in [2.05, 4.69) is 15.9 Å². The molecule has 0 saturated carbocycles. The lowest BCUT2D eigenvalue weighted by Crippen LogP contribution is -2.10. The average molecular weight is 339 g/mol. The van der Waals surface area contributed by atoms with E-state index < -0.39 is 29.6 Å². The van der Waals surface area contributed by atoms with Crippen LogP contribution in [0.15, 0.2) is 46.9 Å². The second kappa shape index (κ2) is 6.05. The third-order valence-electron chi connectivity index (χ3n) is 2.72. The standard InChI is InChI=1S/C15H9BrF2O2/c16-10-3-1-9(2-4-10)14(19)8-15(20)12-6-5-11(17)7-13(12)18/h1-7H,8H2. The Hall–Kier alpha value is -1.88. The molecule has 5 heteroatoms. The molecule has 0 radical (unpaired) electrons. The van der Waals surface area contributed by atoms with Gasteiger partial charge in [0.2, 0.25) is 0 Å². The molecule has 20 heavy (non-hydrogen) atoms. The molecule has 0 aliphatic rings. The predicted octanol–water partition coefficient (Wildman–Crippen LogP) is 4.18. The number of halogens is 3. The van der Waals surface area contributed by atoms with Crippen LogP contribution >= 0.6 is 15.9 Å². The second-order valence-electron chi connectivity index (χ2n) is 4.15. The average Bonchev–Trinajstić information content (AvgIpc) is 2.39. The van der Waals surface area contributed by atoms with Crippen molar-refractivity contribution in [2.75, 3.05) is 0 Å². The second-order valence-corrected chi connectivity index (χ2v) is 5.07. The van der Waals surface area contributed by atoms with Gasteiger partial charge in [-0.05, 0) is 24.3 Å². The molecule has 0 spiro atoms. The van der Waals surface area contributed by atoms with E-state index >= 15 is 0 Å². The summed E-state index contributed by atoms with van der Waals surface area (Å²) < 4.78 is 27.0. The van der Waals surface area contributed by atoms with Crippen LogP contribution in [0.4, 0.5) is 8.78 Å². The molecule has 0 aliphatic carbocycles. The van der Waals surface area contributed by atoms with E-state index in [0.717, 1.165) is 16.6 Å². The van der Waals surface area contributed by atoms with E-state index in [1.165, 1.54) is 0 Å². The Labute approximate surface area is 122 Å². The van der Waals surface area contributed by atoms with E-state index in [9.17, 15) is 18.4 Å². The number of hydrogen-bond acceptors (Lipinski definition) is 2. The van der Waals surface area contributed by atoms with Crippen LogP contribution in [0.25, 0.3) is 0 Å². The first-order valence-corrected chi connectivity index (χ1v) is 6.53. The fourth-order valence-corrected chi connectivity index (χ4v) is 1.96. The molecule has 2 nitrogen and oxygen atoms in total. The first-order valence-electron chi connectivity index (χ1n) is 5.74. The normalized spacial score (nSPS) is 10.3. The molecule has 0 aromatic heterocycles. The summed E-state index contributed by atoms with van der Waals surface area (Å²) in [5, 5.41) is 0. The van der Waals surface area contributed by atoms with Crippen LogP contribution < -0.4 is 0 Å². The summed E-state index contributed by atoms with van der Waals surface area (Å²) in [6.45, 7) is 0. The summed E-state index contributed by atoms with van der Waals surface area (Å²) in [6, 6.07) is 9.15. The zero-order valence-electron chi connectivity index (χ0n) is 10.2. The minimum absolute atomic E-state index is 0.281. The van der Waals surface area contributed by atoms with E-state index in [4.69, 9.17) is 0 Å². The summed E-state index contributed by atoms with van der Waals surface area (Å²) in [5.74, 6) is -2.81. The molecule has 0 amide bonds. The molecule has 2 aromatic rings. The van der Waals surface area contributed by atoms with Crippen molar-refractivity contribution in [3.8, 4) is 0 Å². The van der Waals surface area contributed by atoms with Crippen LogP contribution in [0, 0.1) is 11.6 Å². The maximum absolute atomic E-state index is 13.4. The van der Waals surface area contributed by atoms with Crippen LogP contribution in [0.1, 0.15) is 27.1 Å². The van der Waals surface area contributed by atoms with E-state index in [1.807, 2.05) is 0 Å². The smallest absolute Gasteiger partial charge is 0.173 e. The summed E-state index contributed by atoms with van der Waals surface area (Å²) >= 11 is 3.24. The van der Waals surface area contributed by atoms with Gasteiger partial charge in [-0.25, -0.2) is 8.78 Å². The largest absolute Gasteiger partial charge is 0.294 e. The highest BCUT2D eigenvalue weighted by Gasteiger charge is 2.17. The molecule has 0 saturated heterocycles. The molecule has 2 rings (SSSR count). The van der Waals surface area contributed by atoms with Crippen LogP contribution in [0.2, 0.25) is 0 Å². The third-order valence-corrected chi connectivity index (χ3v) is 3.25. The number of carbonyl (C=O) groups is 2. The lowest BCUT2D eigenvalue weighted by atomic mass is 10.0. The lowest BCUT2D eigenvalue weighted by molar-refractivity contribution is 0.0892. The zero-order valence-corrected chi connectivity index (χ0v) is 11.8. The summed E-state index contributed by atoms with van der Waals surface area (Å²) in [7, 11) is 0. The Kier molecular flexibility index (Phi) is 4.39. The van der Waals surface area contributed by atoms with Gasteiger partial charge in [0, 0.05) is 16.1 Å². The van der Waals surface area contributed by atoms with Crippen LogP contribution in [-0.2, 0) is 0 Å². The maximum Gasteiger partial charge on any atom is 0.173 e. The van der Waals surface area contributed by atoms with Gasteiger partial charge in [0.15, 0.2) is 11.6 Å². The van der Waals surface area contributed by atoms with Gasteiger partial charge in [0.25, 0.3) is 0 Å². The molecular formula is C15H9BrF2O2. The predicted molar refractivity (Wildman–Crippen MR) is 73.8 cm³/mol. The minimum atomic E-state index is -0.960. The van der Waals surface area contributed by atoms with Gasteiger partial charge in [-0.15, -0.1) is 0 Å². The monoisotopic (exact) mass is 338 g/mol. The summed E-state index contributed by atoms with van der Waals surface area (Å²) in [6.07, 6.45) is -0.454. The van der Waals surface area contributed by atoms with Crippen molar-refractivity contribution in [1.29, 1.82) is 0 Å². The highest BCUT2D eigenvalue weighted by Crippen LogP contribution is 2.15. The molecule has 0 aliphatic heterocycles. The number of rotatable bonds is 4. The van der Waals surface area contributed by atoms with Gasteiger partial charge in [-0.3, -0.25) is 9.59 Å². The molecule has 0 heterocycles. The number of ketones is 2. The van der Waals surface area contributed by atoms with Crippen molar-refractivity contribution in [2.24, 2.45) is 0 Å². The van der Waals surface area contributed by atoms with Gasteiger partial charge in [-0.1, -0.05) is 28.1 Å². The molecule has 0 atom stereocenters. The summed E-state index contributed by atoms with van der Waals surface area (Å²) in [4.78, 5) is 23.7. The molecule has 0 fully saturated rings. The lowest BCUT2D eigenvalue weighted by Gasteiger charge is -2.03. The number of benzene rings is 2. The fraction of sp³-hybridized carbons (Fsp3) is 0.0667. The molecule has 2 aromatic carbocycles. The third kappa shape index (κ3) is 3.36. The van der Waals surface area contributed by atoms with E-state index in [1.54, 1.807) is 24.3 Å². The minimum Gasteiger partial charge on any atom is -0.294 e. The van der Waals surface area contributed by atoms with E-state index in [-0.39, 0.29) is 5.56 Å². The van der Waals surface area contributed by atoms with Crippen molar-refractivity contribution in [1.82, 2.24) is 0 Å². The first kappa shape index (κ1) is 14.5. The Morgan fingerprint density at radius 1 is 0.950 bits per heavy atom. The van der Waals surface area contributed by atoms with Crippen molar-refractivity contribution in [2.45, 2.75) is 6.42 Å². The van der Waals surface area contributed by atoms with Crippen LogP contribution in [0.3, 0.4) is 0 Å². The van der Waals surface area contributed by atoms with Gasteiger partial charge >= 0.3 is 0 Å². The number of Topliss-reactive ketones (excluding diaryl/α,β-unsaturated/α-hetero) is 2. The first-order chi connectivity index (χ1) is 9.47. The molecule has 0 N–H and O–H groups in total. The van der Waals surface area contributed by atoms with Gasteiger partial charge in [0.1, 0.15) is 11.6 Å². The molecule has 0 bridgehead atoms. The number of hydrogen-bond donors (Lipinski definition) is 0. The quantitative estimate of drug-likeness (QED) is 0.619. The fourth-order valence-electron chi connectivity index (χ4n) is 1.69. The highest BCUT2D eigenvalue weighted by molar-refractivity contribution is 9.10. The van der Waals surface area contributed by atoms with E-state index in [0.29, 0.717) is 11.6 Å². The van der Waals surface area contributed by atoms with Gasteiger partial charge < -0.3 is 0 Å². The van der Waals surface area contributed by atoms with Crippen LogP contribution in [-0.4, -0.2) is 11.6 Å². The van der Waals surface area contributed by atoms with Crippen molar-refractivity contribution >= 4 is 27.5 Å². The zero-order chi connectivity index (χ0) is 14.7. The van der Waals surface area contributed by atoms with Crippen molar-refractivity contribution < 1.29 is 18.4 Å². The Morgan fingerprint density at radius 3 is 2.20 bits per heavy atom. The Balaban J connectivity index is 2.15. The van der Waals surface area contributed by atoms with Gasteiger partial charge in [0.05, 0.1) is 12.0 Å². The SMILES string of the molecule is O=C(CC(=O)c1ccc(F)cc1F)c1ccc(Br)cc1. The molecular weight excluding hydrogens is 330 g/mol. The van der Waals surface area contributed by atoms with Crippen molar-refractivity contribution in [3.63, 3.8) is 0 Å². The highest BCUT2D eigenvalue weighted by atomic mass is 79.9. The summed E-state index contributed by atoms with van der Waals surface area (Å²) in [5.41, 5.74) is 0.0842. The maximum atomic E-state index is 13.4. The van der Waals surface area contributed by atoms with Crippen molar-refractivity contribution in [3.05, 3.63) is 69.7 Å².